The van der Waals surface area contributed by atoms with E-state index >= 15 is 0 Å². The molecule has 0 amide bonds. The molecule has 138 valence electrons. The zero-order valence-electron chi connectivity index (χ0n) is 15.1. The van der Waals surface area contributed by atoms with E-state index in [1.165, 1.54) is 4.63 Å². The van der Waals surface area contributed by atoms with Gasteiger partial charge in [0.15, 0.2) is 5.65 Å². The SMILES string of the molecule is COc1cc(OC)cc([C@H](Nc2ccc3nnnn3n2)c2nccn2C)c1. The third kappa shape index (κ3) is 3.24. The number of imidazole rings is 1. The Labute approximate surface area is 154 Å². The van der Waals surface area contributed by atoms with Gasteiger partial charge in [-0.2, -0.15) is 0 Å². The number of ether oxygens (including phenoxy) is 2. The van der Waals surface area contributed by atoms with Gasteiger partial charge in [-0.3, -0.25) is 0 Å². The first-order chi connectivity index (χ1) is 13.2. The van der Waals surface area contributed by atoms with Gasteiger partial charge in [0.2, 0.25) is 0 Å². The van der Waals surface area contributed by atoms with Crippen molar-refractivity contribution in [3.8, 4) is 11.5 Å². The molecule has 0 bridgehead atoms. The highest BCUT2D eigenvalue weighted by atomic mass is 16.5. The largest absolute Gasteiger partial charge is 0.497 e. The summed E-state index contributed by atoms with van der Waals surface area (Å²) >= 11 is 0. The quantitative estimate of drug-likeness (QED) is 0.547. The lowest BCUT2D eigenvalue weighted by Gasteiger charge is -2.21. The first kappa shape index (κ1) is 16.8. The molecule has 0 fully saturated rings. The van der Waals surface area contributed by atoms with Crippen LogP contribution in [0.25, 0.3) is 5.65 Å². The molecule has 0 aliphatic heterocycles. The summed E-state index contributed by atoms with van der Waals surface area (Å²) in [4.78, 5) is 4.50. The third-order valence-corrected chi connectivity index (χ3v) is 4.19. The van der Waals surface area contributed by atoms with E-state index in [1.54, 1.807) is 26.5 Å². The molecule has 0 spiro atoms. The fourth-order valence-corrected chi connectivity index (χ4v) is 2.82. The molecule has 3 heterocycles. The van der Waals surface area contributed by atoms with Crippen molar-refractivity contribution in [1.29, 1.82) is 0 Å². The second-order valence-corrected chi connectivity index (χ2v) is 5.86. The van der Waals surface area contributed by atoms with E-state index in [0.717, 1.165) is 11.4 Å². The van der Waals surface area contributed by atoms with E-state index in [1.807, 2.05) is 42.1 Å². The average Bonchev–Trinajstić information content (AvgIpc) is 3.33. The van der Waals surface area contributed by atoms with Crippen molar-refractivity contribution < 1.29 is 9.47 Å². The number of tetrazole rings is 1. The first-order valence-corrected chi connectivity index (χ1v) is 8.20. The van der Waals surface area contributed by atoms with Crippen LogP contribution in [0.2, 0.25) is 0 Å². The molecule has 10 heteroatoms. The Morgan fingerprint density at radius 2 is 1.85 bits per heavy atom. The number of anilines is 1. The fourth-order valence-electron chi connectivity index (χ4n) is 2.82. The second-order valence-electron chi connectivity index (χ2n) is 5.86. The topological polar surface area (TPSA) is 104 Å². The fraction of sp³-hybridized carbons (Fsp3) is 0.235. The molecule has 1 aromatic carbocycles. The minimum absolute atomic E-state index is 0.296. The van der Waals surface area contributed by atoms with Gasteiger partial charge >= 0.3 is 0 Å². The van der Waals surface area contributed by atoms with Crippen molar-refractivity contribution in [3.63, 3.8) is 0 Å². The van der Waals surface area contributed by atoms with Gasteiger partial charge in [-0.15, -0.1) is 14.8 Å². The predicted molar refractivity (Wildman–Crippen MR) is 96.8 cm³/mol. The normalized spacial score (nSPS) is 12.1. The van der Waals surface area contributed by atoms with Crippen molar-refractivity contribution in [2.75, 3.05) is 19.5 Å². The van der Waals surface area contributed by atoms with Crippen LogP contribution in [-0.2, 0) is 7.05 Å². The molecule has 27 heavy (non-hydrogen) atoms. The van der Waals surface area contributed by atoms with E-state index < -0.39 is 0 Å². The molecule has 4 rings (SSSR count). The van der Waals surface area contributed by atoms with E-state index in [4.69, 9.17) is 9.47 Å². The standard InChI is InChI=1S/C17H18N8O2/c1-24-7-6-18-17(24)16(11-8-12(26-2)10-13(9-11)27-3)19-14-4-5-15-20-22-23-25(15)21-14/h4-10,16H,1-3H3,(H,19,21)/t16-/m0/s1. The highest BCUT2D eigenvalue weighted by molar-refractivity contribution is 5.48. The highest BCUT2D eigenvalue weighted by Crippen LogP contribution is 2.31. The predicted octanol–water partition coefficient (Wildman–Crippen LogP) is 1.47. The number of nitrogens with zero attached hydrogens (tertiary/aromatic N) is 7. The van der Waals surface area contributed by atoms with Crippen LogP contribution in [0.3, 0.4) is 0 Å². The molecule has 10 nitrogen and oxygen atoms in total. The maximum Gasteiger partial charge on any atom is 0.200 e. The summed E-state index contributed by atoms with van der Waals surface area (Å²) in [6.45, 7) is 0. The number of aryl methyl sites for hydroxylation is 1. The molecule has 0 aliphatic rings. The first-order valence-electron chi connectivity index (χ1n) is 8.20. The number of methoxy groups -OCH3 is 2. The monoisotopic (exact) mass is 366 g/mol. The number of benzene rings is 1. The van der Waals surface area contributed by atoms with Crippen molar-refractivity contribution in [2.24, 2.45) is 7.05 Å². The van der Waals surface area contributed by atoms with Crippen LogP contribution in [0.1, 0.15) is 17.4 Å². The number of hydrogen-bond donors (Lipinski definition) is 1. The molecule has 1 atom stereocenters. The minimum atomic E-state index is -0.296. The molecule has 0 unspecified atom stereocenters. The van der Waals surface area contributed by atoms with Crippen molar-refractivity contribution in [3.05, 3.63) is 54.1 Å². The van der Waals surface area contributed by atoms with Gasteiger partial charge in [0.25, 0.3) is 0 Å². The molecule has 0 aliphatic carbocycles. The van der Waals surface area contributed by atoms with Crippen molar-refractivity contribution in [2.45, 2.75) is 6.04 Å². The molecular formula is C17H18N8O2. The Balaban J connectivity index is 1.79. The Morgan fingerprint density at radius 1 is 1.07 bits per heavy atom. The zero-order chi connectivity index (χ0) is 18.8. The summed E-state index contributed by atoms with van der Waals surface area (Å²) in [5, 5.41) is 19.1. The van der Waals surface area contributed by atoms with Gasteiger partial charge in [-0.25, -0.2) is 4.98 Å². The van der Waals surface area contributed by atoms with Crippen LogP contribution in [-0.4, -0.2) is 49.0 Å². The van der Waals surface area contributed by atoms with Gasteiger partial charge in [-0.1, -0.05) is 0 Å². The molecule has 0 radical (unpaired) electrons. The summed E-state index contributed by atoms with van der Waals surface area (Å²) in [5.74, 6) is 2.79. The Hall–Kier alpha value is -3.69. The lowest BCUT2D eigenvalue weighted by atomic mass is 10.0. The number of fused-ring (bicyclic) bond motifs is 1. The maximum atomic E-state index is 5.41. The summed E-state index contributed by atoms with van der Waals surface area (Å²) < 4.78 is 14.1. The maximum absolute atomic E-state index is 5.41. The molecule has 4 aromatic rings. The van der Waals surface area contributed by atoms with Crippen molar-refractivity contribution >= 4 is 11.5 Å². The van der Waals surface area contributed by atoms with E-state index in [0.29, 0.717) is 23.0 Å². The third-order valence-electron chi connectivity index (χ3n) is 4.19. The zero-order valence-corrected chi connectivity index (χ0v) is 15.1. The number of hydrogen-bond acceptors (Lipinski definition) is 8. The van der Waals surface area contributed by atoms with Crippen LogP contribution in [0.4, 0.5) is 5.82 Å². The van der Waals surface area contributed by atoms with Crippen LogP contribution >= 0.6 is 0 Å². The summed E-state index contributed by atoms with van der Waals surface area (Å²) in [6, 6.07) is 9.00. The summed E-state index contributed by atoms with van der Waals surface area (Å²) in [7, 11) is 5.18. The lowest BCUT2D eigenvalue weighted by molar-refractivity contribution is 0.393. The van der Waals surface area contributed by atoms with Crippen molar-refractivity contribution in [1.82, 2.24) is 34.8 Å². The summed E-state index contributed by atoms with van der Waals surface area (Å²) in [5.41, 5.74) is 1.48. The van der Waals surface area contributed by atoms with Gasteiger partial charge in [0, 0.05) is 25.5 Å². The summed E-state index contributed by atoms with van der Waals surface area (Å²) in [6.07, 6.45) is 3.64. The van der Waals surface area contributed by atoms with Gasteiger partial charge in [0.05, 0.1) is 14.2 Å². The Bertz CT molecular complexity index is 1050. The Kier molecular flexibility index (Phi) is 4.29. The smallest absolute Gasteiger partial charge is 0.200 e. The molecular weight excluding hydrogens is 348 g/mol. The van der Waals surface area contributed by atoms with Crippen LogP contribution < -0.4 is 14.8 Å². The van der Waals surface area contributed by atoms with Crippen LogP contribution in [0.15, 0.2) is 42.7 Å². The molecule has 1 N–H and O–H groups in total. The molecule has 0 saturated heterocycles. The number of rotatable bonds is 6. The molecule has 0 saturated carbocycles. The number of aromatic nitrogens is 7. The Morgan fingerprint density at radius 3 is 2.52 bits per heavy atom. The minimum Gasteiger partial charge on any atom is -0.497 e. The van der Waals surface area contributed by atoms with Crippen LogP contribution in [0.5, 0.6) is 11.5 Å². The van der Waals surface area contributed by atoms with Gasteiger partial charge in [0.1, 0.15) is 29.2 Å². The van der Waals surface area contributed by atoms with Gasteiger partial charge in [-0.05, 0) is 40.3 Å². The van der Waals surface area contributed by atoms with E-state index in [-0.39, 0.29) is 6.04 Å². The van der Waals surface area contributed by atoms with E-state index in [9.17, 15) is 0 Å². The second kappa shape index (κ2) is 6.90. The van der Waals surface area contributed by atoms with Crippen LogP contribution in [0, 0.1) is 0 Å². The molecule has 3 aromatic heterocycles. The average molecular weight is 366 g/mol. The number of nitrogens with one attached hydrogen (secondary N) is 1. The highest BCUT2D eigenvalue weighted by Gasteiger charge is 2.21. The lowest BCUT2D eigenvalue weighted by Crippen LogP contribution is -2.18. The van der Waals surface area contributed by atoms with Gasteiger partial charge < -0.3 is 19.4 Å². The van der Waals surface area contributed by atoms with E-state index in [2.05, 4.69) is 30.9 Å².